The lowest BCUT2D eigenvalue weighted by atomic mass is 9.56. The third-order valence-electron chi connectivity index (χ3n) is 9.83. The molecular weight excluding hydrogens is 630 g/mol. The summed E-state index contributed by atoms with van der Waals surface area (Å²) in [5.41, 5.74) is 15.6. The van der Waals surface area contributed by atoms with E-state index in [1.165, 1.54) is 122 Å². The highest BCUT2D eigenvalue weighted by Gasteiger charge is 2.57. The Morgan fingerprint density at radius 2 is 0.909 bits per heavy atom. The summed E-state index contributed by atoms with van der Waals surface area (Å²) in [6.45, 7) is 9.36. The van der Waals surface area contributed by atoms with Crippen molar-refractivity contribution >= 4 is 45.2 Å². The van der Waals surface area contributed by atoms with Crippen molar-refractivity contribution in [1.82, 2.24) is 0 Å². The van der Waals surface area contributed by atoms with Crippen LogP contribution in [-0.4, -0.2) is 7.09 Å². The molecule has 0 aromatic carbocycles. The zero-order chi connectivity index (χ0) is 24.6. The van der Waals surface area contributed by atoms with Gasteiger partial charge in [0.2, 0.25) is 0 Å². The van der Waals surface area contributed by atoms with Crippen molar-refractivity contribution in [2.45, 2.75) is 157 Å². The molecule has 0 aromatic heterocycles. The van der Waals surface area contributed by atoms with Crippen LogP contribution in [0.4, 0.5) is 0 Å². The molecule has 2 nitrogen and oxygen atoms in total. The lowest BCUT2D eigenvalue weighted by molar-refractivity contribution is 0.0171. The number of hydrogen-bond donors (Lipinski definition) is 2. The summed E-state index contributed by atoms with van der Waals surface area (Å²) in [7, 11) is 0. The third-order valence-corrected chi connectivity index (χ3v) is 13.9. The molecule has 33 heavy (non-hydrogen) atoms. The van der Waals surface area contributed by atoms with Gasteiger partial charge in [0.05, 0.1) is 7.09 Å². The smallest absolute Gasteiger partial charge is 0.0765 e. The summed E-state index contributed by atoms with van der Waals surface area (Å²) in [5.74, 6) is 1.22. The molecule has 0 aromatic rings. The SMILES string of the molecule is CCCCC1(CCCC)CCCC(CC2CCCC(CCCC)(CCCC)C2(N)I)C1(N)I. The molecule has 2 saturated carbocycles. The molecule has 4 N–H and O–H groups in total. The second-order valence-electron chi connectivity index (χ2n) is 11.9. The van der Waals surface area contributed by atoms with Gasteiger partial charge in [0.1, 0.15) is 0 Å². The van der Waals surface area contributed by atoms with Crippen molar-refractivity contribution in [3.63, 3.8) is 0 Å². The molecule has 4 heteroatoms. The molecular formula is C29H56I2N2. The van der Waals surface area contributed by atoms with E-state index in [9.17, 15) is 0 Å². The van der Waals surface area contributed by atoms with Crippen LogP contribution in [0.2, 0.25) is 0 Å². The van der Waals surface area contributed by atoms with Crippen LogP contribution in [0.25, 0.3) is 0 Å². The number of halogens is 2. The molecule has 2 aliphatic carbocycles. The lowest BCUT2D eigenvalue weighted by Gasteiger charge is -2.57. The fraction of sp³-hybridized carbons (Fsp3) is 1.00. The fourth-order valence-corrected chi connectivity index (χ4v) is 10.3. The Morgan fingerprint density at radius 3 is 1.18 bits per heavy atom. The van der Waals surface area contributed by atoms with Gasteiger partial charge < -0.3 is 11.5 Å². The van der Waals surface area contributed by atoms with Crippen LogP contribution in [0.15, 0.2) is 0 Å². The summed E-state index contributed by atoms with van der Waals surface area (Å²) in [6, 6.07) is 0. The second kappa shape index (κ2) is 13.8. The van der Waals surface area contributed by atoms with Crippen LogP contribution in [0, 0.1) is 22.7 Å². The summed E-state index contributed by atoms with van der Waals surface area (Å²) in [4.78, 5) is 0. The largest absolute Gasteiger partial charge is 0.316 e. The van der Waals surface area contributed by atoms with Crippen LogP contribution < -0.4 is 11.5 Å². The first-order chi connectivity index (χ1) is 15.7. The highest BCUT2D eigenvalue weighted by Crippen LogP contribution is 2.61. The zero-order valence-electron chi connectivity index (χ0n) is 22.5. The fourth-order valence-electron chi connectivity index (χ4n) is 7.54. The van der Waals surface area contributed by atoms with Gasteiger partial charge in [0, 0.05) is 0 Å². The molecule has 0 bridgehead atoms. The first kappa shape index (κ1) is 30.6. The van der Waals surface area contributed by atoms with Gasteiger partial charge in [-0.25, -0.2) is 0 Å². The molecule has 2 fully saturated rings. The average molecular weight is 687 g/mol. The van der Waals surface area contributed by atoms with E-state index in [-0.39, 0.29) is 7.09 Å². The van der Waals surface area contributed by atoms with E-state index in [1.54, 1.807) is 0 Å². The first-order valence-corrected chi connectivity index (χ1v) is 16.8. The van der Waals surface area contributed by atoms with Gasteiger partial charge in [-0.3, -0.25) is 0 Å². The standard InChI is InChI=1S/C29H56I2N2/c1-5-9-17-26(18-10-6-2)21-13-15-24(28(26,30)32)23-25-16-14-22-27(19-11-7-3,20-12-8-4)29(25,31)33/h24-25H,5-23,32-33H2,1-4H3. The van der Waals surface area contributed by atoms with E-state index in [1.807, 2.05) is 0 Å². The summed E-state index contributed by atoms with van der Waals surface area (Å²) >= 11 is 5.49. The molecule has 0 heterocycles. The Bertz CT molecular complexity index is 496. The minimum atomic E-state index is -0.0903. The molecule has 196 valence electrons. The predicted octanol–water partition coefficient (Wildman–Crippen LogP) is 9.89. The quantitative estimate of drug-likeness (QED) is 0.109. The summed E-state index contributed by atoms with van der Waals surface area (Å²) < 4.78 is -0.181. The Balaban J connectivity index is 2.28. The minimum Gasteiger partial charge on any atom is -0.316 e. The maximum Gasteiger partial charge on any atom is 0.0765 e. The zero-order valence-corrected chi connectivity index (χ0v) is 26.8. The monoisotopic (exact) mass is 686 g/mol. The number of alkyl halides is 2. The summed E-state index contributed by atoms with van der Waals surface area (Å²) in [5, 5.41) is 0. The maximum atomic E-state index is 7.46. The Hall–Kier alpha value is 1.38. The molecule has 2 rings (SSSR count). The number of unbranched alkanes of at least 4 members (excludes halogenated alkanes) is 4. The van der Waals surface area contributed by atoms with Crippen molar-refractivity contribution in [3.05, 3.63) is 0 Å². The van der Waals surface area contributed by atoms with Crippen molar-refractivity contribution < 1.29 is 0 Å². The lowest BCUT2D eigenvalue weighted by Crippen LogP contribution is -2.62. The van der Waals surface area contributed by atoms with Crippen LogP contribution >= 0.6 is 45.2 Å². The Labute approximate surface area is 234 Å². The highest BCUT2D eigenvalue weighted by molar-refractivity contribution is 14.1. The number of hydrogen-bond acceptors (Lipinski definition) is 2. The highest BCUT2D eigenvalue weighted by atomic mass is 127. The van der Waals surface area contributed by atoms with Gasteiger partial charge in [-0.2, -0.15) is 0 Å². The van der Waals surface area contributed by atoms with Crippen LogP contribution in [-0.2, 0) is 0 Å². The molecule has 4 atom stereocenters. The van der Waals surface area contributed by atoms with E-state index in [0.29, 0.717) is 22.7 Å². The normalized spacial score (nSPS) is 33.8. The molecule has 0 spiro atoms. The van der Waals surface area contributed by atoms with Gasteiger partial charge in [0.25, 0.3) is 0 Å². The number of rotatable bonds is 14. The van der Waals surface area contributed by atoms with Crippen LogP contribution in [0.1, 0.15) is 150 Å². The number of nitrogens with two attached hydrogens (primary N) is 2. The van der Waals surface area contributed by atoms with Crippen molar-refractivity contribution in [2.75, 3.05) is 0 Å². The topological polar surface area (TPSA) is 52.0 Å². The van der Waals surface area contributed by atoms with Gasteiger partial charge in [-0.15, -0.1) is 0 Å². The van der Waals surface area contributed by atoms with E-state index in [4.69, 9.17) is 11.5 Å². The van der Waals surface area contributed by atoms with Gasteiger partial charge in [-0.05, 0) is 80.5 Å². The van der Waals surface area contributed by atoms with Gasteiger partial charge in [-0.1, -0.05) is 137 Å². The Kier molecular flexibility index (Phi) is 12.8. The molecule has 0 aliphatic heterocycles. The van der Waals surface area contributed by atoms with Gasteiger partial charge in [0.15, 0.2) is 0 Å². The van der Waals surface area contributed by atoms with E-state index in [2.05, 4.69) is 72.9 Å². The third kappa shape index (κ3) is 6.83. The van der Waals surface area contributed by atoms with E-state index >= 15 is 0 Å². The minimum absolute atomic E-state index is 0.0903. The second-order valence-corrected chi connectivity index (χ2v) is 15.5. The van der Waals surface area contributed by atoms with Crippen molar-refractivity contribution in [1.29, 1.82) is 0 Å². The van der Waals surface area contributed by atoms with E-state index in [0.717, 1.165) is 0 Å². The van der Waals surface area contributed by atoms with Gasteiger partial charge >= 0.3 is 0 Å². The van der Waals surface area contributed by atoms with Crippen LogP contribution in [0.5, 0.6) is 0 Å². The Morgan fingerprint density at radius 1 is 0.606 bits per heavy atom. The summed E-state index contributed by atoms with van der Waals surface area (Å²) in [6.07, 6.45) is 25.0. The molecule has 2 aliphatic rings. The van der Waals surface area contributed by atoms with Crippen LogP contribution in [0.3, 0.4) is 0 Å². The average Bonchev–Trinajstić information content (AvgIpc) is 2.78. The predicted molar refractivity (Wildman–Crippen MR) is 164 cm³/mol. The molecule has 0 amide bonds. The molecule has 0 radical (unpaired) electrons. The first-order valence-electron chi connectivity index (χ1n) is 14.6. The molecule has 4 unspecified atom stereocenters. The molecule has 0 saturated heterocycles. The van der Waals surface area contributed by atoms with E-state index < -0.39 is 0 Å². The maximum absolute atomic E-state index is 7.46. The van der Waals surface area contributed by atoms with Crippen molar-refractivity contribution in [3.8, 4) is 0 Å². The van der Waals surface area contributed by atoms with Crippen molar-refractivity contribution in [2.24, 2.45) is 34.1 Å².